The van der Waals surface area contributed by atoms with Crippen LogP contribution in [-0.2, 0) is 0 Å². The predicted molar refractivity (Wildman–Crippen MR) is 89.3 cm³/mol. The molecule has 0 radical (unpaired) electrons. The third kappa shape index (κ3) is 5.94. The van der Waals surface area contributed by atoms with E-state index in [0.717, 1.165) is 25.8 Å². The van der Waals surface area contributed by atoms with Crippen molar-refractivity contribution in [1.29, 1.82) is 5.26 Å². The fraction of sp³-hybridized carbons (Fsp3) is 0.941. The van der Waals surface area contributed by atoms with Crippen LogP contribution in [0.25, 0.3) is 0 Å². The Morgan fingerprint density at radius 2 is 2.19 bits per heavy atom. The van der Waals surface area contributed by atoms with E-state index in [1.807, 2.05) is 0 Å². The number of piperidine rings is 1. The van der Waals surface area contributed by atoms with Crippen molar-refractivity contribution in [3.05, 3.63) is 0 Å². The summed E-state index contributed by atoms with van der Waals surface area (Å²) in [6, 6.07) is 3.56. The van der Waals surface area contributed by atoms with Crippen LogP contribution in [0.15, 0.2) is 0 Å². The molecule has 1 saturated heterocycles. The van der Waals surface area contributed by atoms with Gasteiger partial charge in [0.2, 0.25) is 0 Å². The molecule has 0 bridgehead atoms. The maximum Gasteiger partial charge on any atom is 0.106 e. The normalized spacial score (nSPS) is 23.2. The molecule has 4 nitrogen and oxygen atoms in total. The van der Waals surface area contributed by atoms with Gasteiger partial charge in [-0.3, -0.25) is 5.32 Å². The highest BCUT2D eigenvalue weighted by Gasteiger charge is 2.28. The van der Waals surface area contributed by atoms with E-state index < -0.39 is 0 Å². The maximum atomic E-state index is 9.54. The van der Waals surface area contributed by atoms with E-state index >= 15 is 0 Å². The first kappa shape index (κ1) is 18.4. The predicted octanol–water partition coefficient (Wildman–Crippen LogP) is 2.46. The fourth-order valence-electron chi connectivity index (χ4n) is 3.38. The van der Waals surface area contributed by atoms with Gasteiger partial charge in [-0.05, 0) is 73.1 Å². The molecule has 0 aromatic heterocycles. The van der Waals surface area contributed by atoms with Crippen molar-refractivity contribution < 1.29 is 0 Å². The molecule has 0 amide bonds. The van der Waals surface area contributed by atoms with E-state index in [9.17, 15) is 5.26 Å². The molecule has 0 spiro atoms. The quantitative estimate of drug-likeness (QED) is 0.747. The number of hydrogen-bond acceptors (Lipinski definition) is 4. The van der Waals surface area contributed by atoms with Crippen LogP contribution < -0.4 is 5.32 Å². The Balaban J connectivity index is 2.41. The Morgan fingerprint density at radius 1 is 1.48 bits per heavy atom. The van der Waals surface area contributed by atoms with Crippen molar-refractivity contribution in [2.75, 3.05) is 33.7 Å². The van der Waals surface area contributed by atoms with Gasteiger partial charge in [0.05, 0.1) is 6.07 Å². The van der Waals surface area contributed by atoms with E-state index in [0.29, 0.717) is 12.1 Å². The van der Waals surface area contributed by atoms with E-state index in [2.05, 4.69) is 56.1 Å². The highest BCUT2D eigenvalue weighted by Crippen LogP contribution is 2.19. The number of likely N-dealkylation sites (N-methyl/N-ethyl adjacent to an activating group) is 2. The fourth-order valence-corrected chi connectivity index (χ4v) is 3.38. The van der Waals surface area contributed by atoms with Crippen molar-refractivity contribution in [3.8, 4) is 6.07 Å². The number of hydrogen-bond donors (Lipinski definition) is 1. The summed E-state index contributed by atoms with van der Waals surface area (Å²) in [6.45, 7) is 9.84. The topological polar surface area (TPSA) is 42.3 Å². The third-order valence-electron chi connectivity index (χ3n) is 4.72. The van der Waals surface area contributed by atoms with Crippen LogP contribution in [0.4, 0.5) is 0 Å². The van der Waals surface area contributed by atoms with Gasteiger partial charge < -0.3 is 9.80 Å². The van der Waals surface area contributed by atoms with E-state index in [1.54, 1.807) is 0 Å². The molecule has 1 N–H and O–H groups in total. The van der Waals surface area contributed by atoms with Crippen LogP contribution in [-0.4, -0.2) is 61.2 Å². The summed E-state index contributed by atoms with van der Waals surface area (Å²) >= 11 is 0. The third-order valence-corrected chi connectivity index (χ3v) is 4.72. The van der Waals surface area contributed by atoms with Gasteiger partial charge in [0, 0.05) is 18.6 Å². The van der Waals surface area contributed by atoms with E-state index in [4.69, 9.17) is 0 Å². The van der Waals surface area contributed by atoms with E-state index in [-0.39, 0.29) is 5.54 Å². The Labute approximate surface area is 131 Å². The maximum absolute atomic E-state index is 9.54. The van der Waals surface area contributed by atoms with Crippen molar-refractivity contribution in [2.45, 2.75) is 70.5 Å². The zero-order valence-electron chi connectivity index (χ0n) is 14.7. The molecular weight excluding hydrogens is 260 g/mol. The monoisotopic (exact) mass is 294 g/mol. The molecule has 4 heteroatoms. The van der Waals surface area contributed by atoms with Crippen LogP contribution in [0, 0.1) is 11.3 Å². The Morgan fingerprint density at radius 3 is 2.71 bits per heavy atom. The van der Waals surface area contributed by atoms with Gasteiger partial charge in [0.25, 0.3) is 0 Å². The molecule has 0 aromatic rings. The van der Waals surface area contributed by atoms with Gasteiger partial charge in [-0.15, -0.1) is 0 Å². The molecule has 0 aliphatic carbocycles. The highest BCUT2D eigenvalue weighted by molar-refractivity contribution is 5.06. The summed E-state index contributed by atoms with van der Waals surface area (Å²) in [7, 11) is 4.45. The SMILES string of the molecule is CCC(C#N)(CCCN(C)C1CCCN(C)C1)NC(C)C. The molecule has 2 unspecified atom stereocenters. The number of nitrogens with one attached hydrogen (secondary N) is 1. The second-order valence-electron chi connectivity index (χ2n) is 6.99. The number of nitriles is 1. The lowest BCUT2D eigenvalue weighted by molar-refractivity contribution is 0.130. The van der Waals surface area contributed by atoms with Gasteiger partial charge in [0.15, 0.2) is 0 Å². The Hall–Kier alpha value is -0.630. The molecular formula is C17H34N4. The molecule has 1 aliphatic heterocycles. The lowest BCUT2D eigenvalue weighted by Gasteiger charge is -2.36. The van der Waals surface area contributed by atoms with E-state index in [1.165, 1.54) is 25.9 Å². The largest absolute Gasteiger partial charge is 0.305 e. The summed E-state index contributed by atoms with van der Waals surface area (Å²) in [5.41, 5.74) is -0.349. The molecule has 21 heavy (non-hydrogen) atoms. The molecule has 1 fully saturated rings. The van der Waals surface area contributed by atoms with Gasteiger partial charge in [0.1, 0.15) is 5.54 Å². The van der Waals surface area contributed by atoms with Gasteiger partial charge in [-0.2, -0.15) is 5.26 Å². The highest BCUT2D eigenvalue weighted by atomic mass is 15.2. The summed E-state index contributed by atoms with van der Waals surface area (Å²) in [6.07, 6.45) is 5.50. The molecule has 1 aliphatic rings. The van der Waals surface area contributed by atoms with Crippen LogP contribution in [0.5, 0.6) is 0 Å². The first-order valence-electron chi connectivity index (χ1n) is 8.50. The van der Waals surface area contributed by atoms with Crippen LogP contribution in [0.3, 0.4) is 0 Å². The first-order valence-corrected chi connectivity index (χ1v) is 8.50. The van der Waals surface area contributed by atoms with Gasteiger partial charge >= 0.3 is 0 Å². The zero-order chi connectivity index (χ0) is 15.9. The average Bonchev–Trinajstić information content (AvgIpc) is 2.45. The summed E-state index contributed by atoms with van der Waals surface area (Å²) in [4.78, 5) is 4.92. The Kier molecular flexibility index (Phi) is 7.65. The summed E-state index contributed by atoms with van der Waals surface area (Å²) in [5.74, 6) is 0. The number of likely N-dealkylation sites (tertiary alicyclic amines) is 1. The molecule has 1 rings (SSSR count). The first-order chi connectivity index (χ1) is 9.92. The smallest absolute Gasteiger partial charge is 0.106 e. The zero-order valence-corrected chi connectivity index (χ0v) is 14.7. The van der Waals surface area contributed by atoms with Crippen molar-refractivity contribution >= 4 is 0 Å². The van der Waals surface area contributed by atoms with Crippen LogP contribution >= 0.6 is 0 Å². The van der Waals surface area contributed by atoms with Crippen molar-refractivity contribution in [1.82, 2.24) is 15.1 Å². The minimum absolute atomic E-state index is 0.349. The molecule has 122 valence electrons. The second-order valence-corrected chi connectivity index (χ2v) is 6.99. The van der Waals surface area contributed by atoms with Crippen molar-refractivity contribution in [2.24, 2.45) is 0 Å². The lowest BCUT2D eigenvalue weighted by atomic mass is 9.91. The number of nitrogens with zero attached hydrogens (tertiary/aromatic N) is 3. The Bertz CT molecular complexity index is 336. The lowest BCUT2D eigenvalue weighted by Crippen LogP contribution is -2.48. The van der Waals surface area contributed by atoms with Crippen molar-refractivity contribution in [3.63, 3.8) is 0 Å². The molecule has 0 saturated carbocycles. The second kappa shape index (κ2) is 8.73. The molecule has 2 atom stereocenters. The standard InChI is InChI=1S/C17H34N4/c1-6-17(14-18,19-15(2)3)10-8-12-21(5)16-9-7-11-20(4)13-16/h15-16,19H,6-13H2,1-5H3. The van der Waals surface area contributed by atoms with Crippen LogP contribution in [0.1, 0.15) is 52.9 Å². The van der Waals surface area contributed by atoms with Gasteiger partial charge in [-0.1, -0.05) is 6.92 Å². The van der Waals surface area contributed by atoms with Crippen LogP contribution in [0.2, 0.25) is 0 Å². The average molecular weight is 294 g/mol. The minimum Gasteiger partial charge on any atom is -0.305 e. The minimum atomic E-state index is -0.349. The van der Waals surface area contributed by atoms with Gasteiger partial charge in [-0.25, -0.2) is 0 Å². The number of rotatable bonds is 8. The molecule has 1 heterocycles. The summed E-state index contributed by atoms with van der Waals surface area (Å²) < 4.78 is 0. The molecule has 0 aromatic carbocycles. The summed E-state index contributed by atoms with van der Waals surface area (Å²) in [5, 5.41) is 13.0.